The summed E-state index contributed by atoms with van der Waals surface area (Å²) in [5, 5.41) is 10.7. The SMILES string of the molecule is CNc1cc2nc3c(cnn13)C(=O)CCCOCc1ccc(OC)c(c1)N2. The Balaban J connectivity index is 1.87. The molecule has 0 atom stereocenters. The van der Waals surface area contributed by atoms with Crippen LogP contribution in [0.4, 0.5) is 17.3 Å². The van der Waals surface area contributed by atoms with Gasteiger partial charge in [0.1, 0.15) is 17.4 Å². The van der Waals surface area contributed by atoms with Crippen LogP contribution in [0.25, 0.3) is 5.65 Å². The summed E-state index contributed by atoms with van der Waals surface area (Å²) in [4.78, 5) is 17.3. The molecule has 140 valence electrons. The molecule has 4 bridgehead atoms. The third-order valence-corrected chi connectivity index (χ3v) is 4.52. The lowest BCUT2D eigenvalue weighted by Gasteiger charge is -2.15. The van der Waals surface area contributed by atoms with E-state index in [2.05, 4.69) is 20.7 Å². The van der Waals surface area contributed by atoms with Gasteiger partial charge in [0.15, 0.2) is 11.4 Å². The summed E-state index contributed by atoms with van der Waals surface area (Å²) >= 11 is 0. The Morgan fingerprint density at radius 1 is 1.33 bits per heavy atom. The van der Waals surface area contributed by atoms with E-state index in [1.807, 2.05) is 24.3 Å². The first-order valence-electron chi connectivity index (χ1n) is 8.81. The molecule has 0 radical (unpaired) electrons. The van der Waals surface area contributed by atoms with Crippen LogP contribution < -0.4 is 15.4 Å². The minimum absolute atomic E-state index is 0.00784. The van der Waals surface area contributed by atoms with Crippen LogP contribution in [0.3, 0.4) is 0 Å². The average molecular weight is 367 g/mol. The predicted molar refractivity (Wildman–Crippen MR) is 102 cm³/mol. The normalized spacial score (nSPS) is 14.7. The maximum atomic E-state index is 12.6. The number of Topliss-reactive ketones (excluding diaryl/α,β-unsaturated/α-hetero) is 1. The second-order valence-electron chi connectivity index (χ2n) is 6.31. The zero-order chi connectivity index (χ0) is 18.8. The Kier molecular flexibility index (Phi) is 4.64. The number of anilines is 3. The maximum Gasteiger partial charge on any atom is 0.170 e. The van der Waals surface area contributed by atoms with E-state index in [-0.39, 0.29) is 5.78 Å². The summed E-state index contributed by atoms with van der Waals surface area (Å²) in [6.07, 6.45) is 2.61. The third kappa shape index (κ3) is 3.31. The molecule has 0 unspecified atom stereocenters. The van der Waals surface area contributed by atoms with Gasteiger partial charge in [-0.15, -0.1) is 0 Å². The highest BCUT2D eigenvalue weighted by atomic mass is 16.5. The molecular weight excluding hydrogens is 346 g/mol. The Morgan fingerprint density at radius 2 is 2.22 bits per heavy atom. The molecule has 3 aromatic rings. The van der Waals surface area contributed by atoms with Gasteiger partial charge in [0, 0.05) is 26.1 Å². The molecule has 8 heteroatoms. The molecule has 2 aromatic heterocycles. The fourth-order valence-electron chi connectivity index (χ4n) is 3.14. The molecule has 3 heterocycles. The van der Waals surface area contributed by atoms with Crippen molar-refractivity contribution >= 4 is 28.8 Å². The second kappa shape index (κ2) is 7.24. The van der Waals surface area contributed by atoms with Gasteiger partial charge in [0.05, 0.1) is 31.2 Å². The zero-order valence-electron chi connectivity index (χ0n) is 15.3. The van der Waals surface area contributed by atoms with Crippen molar-refractivity contribution in [1.82, 2.24) is 14.6 Å². The quantitative estimate of drug-likeness (QED) is 0.719. The molecule has 2 N–H and O–H groups in total. The average Bonchev–Trinajstić information content (AvgIpc) is 3.10. The molecule has 0 aliphatic carbocycles. The molecule has 4 rings (SSSR count). The molecule has 1 aromatic carbocycles. The zero-order valence-corrected chi connectivity index (χ0v) is 15.3. The van der Waals surface area contributed by atoms with Gasteiger partial charge in [-0.2, -0.15) is 9.61 Å². The van der Waals surface area contributed by atoms with E-state index in [9.17, 15) is 4.79 Å². The van der Waals surface area contributed by atoms with Crippen LogP contribution in [0.2, 0.25) is 0 Å². The van der Waals surface area contributed by atoms with Gasteiger partial charge in [-0.1, -0.05) is 6.07 Å². The van der Waals surface area contributed by atoms with Crippen LogP contribution in [0.15, 0.2) is 30.5 Å². The fraction of sp³-hybridized carbons (Fsp3) is 0.316. The van der Waals surface area contributed by atoms with E-state index in [4.69, 9.17) is 9.47 Å². The summed E-state index contributed by atoms with van der Waals surface area (Å²) in [5.74, 6) is 2.03. The molecule has 0 amide bonds. The van der Waals surface area contributed by atoms with E-state index < -0.39 is 0 Å². The van der Waals surface area contributed by atoms with Gasteiger partial charge >= 0.3 is 0 Å². The minimum atomic E-state index is 0.00784. The van der Waals surface area contributed by atoms with E-state index >= 15 is 0 Å². The minimum Gasteiger partial charge on any atom is -0.495 e. The van der Waals surface area contributed by atoms with Gasteiger partial charge in [-0.25, -0.2) is 4.98 Å². The Bertz CT molecular complexity index is 998. The van der Waals surface area contributed by atoms with E-state index in [1.165, 1.54) is 0 Å². The number of fused-ring (bicyclic) bond motifs is 3. The lowest BCUT2D eigenvalue weighted by Crippen LogP contribution is -2.08. The van der Waals surface area contributed by atoms with E-state index in [1.54, 1.807) is 24.9 Å². The first kappa shape index (κ1) is 17.3. The molecule has 27 heavy (non-hydrogen) atoms. The smallest absolute Gasteiger partial charge is 0.170 e. The van der Waals surface area contributed by atoms with Crippen LogP contribution in [0.1, 0.15) is 28.8 Å². The molecule has 1 aliphatic rings. The number of benzene rings is 1. The number of carbonyl (C=O) groups excluding carboxylic acids is 1. The standard InChI is InChI=1S/C19H21N5O3/c1-20-18-9-17-22-14-8-12(5-6-16(14)26-2)11-27-7-3-4-15(25)13-10-21-24(18)19(13)23-17/h5-6,8-10,20H,3-4,7,11H2,1-2H3,(H,22,23). The van der Waals surface area contributed by atoms with Crippen LogP contribution in [-0.4, -0.2) is 41.1 Å². The van der Waals surface area contributed by atoms with Gasteiger partial charge < -0.3 is 20.1 Å². The Hall–Kier alpha value is -3.13. The van der Waals surface area contributed by atoms with Crippen molar-refractivity contribution in [1.29, 1.82) is 0 Å². The molecule has 0 fully saturated rings. The molecule has 0 saturated carbocycles. The van der Waals surface area contributed by atoms with Crippen LogP contribution in [0.5, 0.6) is 5.75 Å². The second-order valence-corrected chi connectivity index (χ2v) is 6.31. The topological polar surface area (TPSA) is 89.8 Å². The molecular formula is C19H21N5O3. The van der Waals surface area contributed by atoms with Crippen LogP contribution in [0, 0.1) is 0 Å². The summed E-state index contributed by atoms with van der Waals surface area (Å²) in [7, 11) is 3.43. The number of nitrogens with zero attached hydrogens (tertiary/aromatic N) is 3. The number of hydrogen-bond acceptors (Lipinski definition) is 7. The number of hydrogen-bond donors (Lipinski definition) is 2. The van der Waals surface area contributed by atoms with Crippen molar-refractivity contribution in [2.45, 2.75) is 19.4 Å². The molecule has 1 aliphatic heterocycles. The summed E-state index contributed by atoms with van der Waals surface area (Å²) in [6.45, 7) is 0.986. The summed E-state index contributed by atoms with van der Waals surface area (Å²) < 4.78 is 12.8. The lowest BCUT2D eigenvalue weighted by molar-refractivity contribution is 0.0920. The van der Waals surface area contributed by atoms with E-state index in [0.29, 0.717) is 48.8 Å². The maximum absolute atomic E-state index is 12.6. The Morgan fingerprint density at radius 3 is 3.04 bits per heavy atom. The summed E-state index contributed by atoms with van der Waals surface area (Å²) in [6, 6.07) is 7.69. The number of rotatable bonds is 2. The molecule has 0 saturated heterocycles. The number of ketones is 1. The van der Waals surface area contributed by atoms with Crippen molar-refractivity contribution in [3.05, 3.63) is 41.6 Å². The first-order valence-corrected chi connectivity index (χ1v) is 8.81. The first-order chi connectivity index (χ1) is 13.2. The number of aromatic nitrogens is 3. The van der Waals surface area contributed by atoms with Crippen molar-refractivity contribution in [3.8, 4) is 5.75 Å². The number of methoxy groups -OCH3 is 1. The van der Waals surface area contributed by atoms with Gasteiger partial charge in [-0.05, 0) is 24.1 Å². The van der Waals surface area contributed by atoms with Crippen molar-refractivity contribution in [2.75, 3.05) is 31.4 Å². The van der Waals surface area contributed by atoms with Crippen LogP contribution in [-0.2, 0) is 11.3 Å². The molecule has 0 spiro atoms. The van der Waals surface area contributed by atoms with Crippen molar-refractivity contribution < 1.29 is 14.3 Å². The van der Waals surface area contributed by atoms with E-state index in [0.717, 1.165) is 17.1 Å². The number of ether oxygens (including phenoxy) is 2. The van der Waals surface area contributed by atoms with Gasteiger partial charge in [-0.3, -0.25) is 4.79 Å². The fourth-order valence-corrected chi connectivity index (χ4v) is 3.14. The lowest BCUT2D eigenvalue weighted by atomic mass is 10.1. The Labute approximate surface area is 156 Å². The largest absolute Gasteiger partial charge is 0.495 e. The summed E-state index contributed by atoms with van der Waals surface area (Å²) in [5.41, 5.74) is 2.82. The molecule has 8 nitrogen and oxygen atoms in total. The highest BCUT2D eigenvalue weighted by Gasteiger charge is 2.18. The predicted octanol–water partition coefficient (Wildman–Crippen LogP) is 3.02. The number of nitrogens with one attached hydrogen (secondary N) is 2. The third-order valence-electron chi connectivity index (χ3n) is 4.52. The monoisotopic (exact) mass is 367 g/mol. The van der Waals surface area contributed by atoms with Crippen LogP contribution >= 0.6 is 0 Å². The van der Waals surface area contributed by atoms with Gasteiger partial charge in [0.25, 0.3) is 0 Å². The van der Waals surface area contributed by atoms with Gasteiger partial charge in [0.2, 0.25) is 0 Å². The highest BCUT2D eigenvalue weighted by Crippen LogP contribution is 2.30. The van der Waals surface area contributed by atoms with Crippen molar-refractivity contribution in [2.24, 2.45) is 0 Å². The number of carbonyl (C=O) groups is 1. The highest BCUT2D eigenvalue weighted by molar-refractivity contribution is 6.01. The van der Waals surface area contributed by atoms with Crippen molar-refractivity contribution in [3.63, 3.8) is 0 Å².